The first kappa shape index (κ1) is 23.5. The average molecular weight is 531 g/mol. The molecular formula is C23H21F3N8O2S. The Bertz CT molecular complexity index is 1740. The number of halogens is 3. The SMILES string of the molecule is Nc1ncnn2c(-c3ccc4ncn(C5CCS(=O)(=O)CC5)c4c3)cc(-c3ccnn3CC(F)(F)F)c12. The third-order valence-electron chi connectivity index (χ3n) is 6.69. The van der Waals surface area contributed by atoms with Crippen LogP contribution in [0.4, 0.5) is 19.0 Å². The number of hydrogen-bond acceptors (Lipinski definition) is 7. The lowest BCUT2D eigenvalue weighted by atomic mass is 10.1. The molecule has 0 spiro atoms. The van der Waals surface area contributed by atoms with E-state index < -0.39 is 22.6 Å². The summed E-state index contributed by atoms with van der Waals surface area (Å²) in [6.07, 6.45) is 0.858. The van der Waals surface area contributed by atoms with Crippen LogP contribution in [-0.4, -0.2) is 60.0 Å². The van der Waals surface area contributed by atoms with Crippen LogP contribution in [0, 0.1) is 0 Å². The van der Waals surface area contributed by atoms with Gasteiger partial charge < -0.3 is 10.3 Å². The molecule has 0 saturated carbocycles. The van der Waals surface area contributed by atoms with Gasteiger partial charge in [0.2, 0.25) is 0 Å². The van der Waals surface area contributed by atoms with Crippen LogP contribution in [0.5, 0.6) is 0 Å². The molecule has 0 amide bonds. The zero-order chi connectivity index (χ0) is 25.9. The van der Waals surface area contributed by atoms with Crippen molar-refractivity contribution in [3.63, 3.8) is 0 Å². The Kier molecular flexibility index (Phi) is 5.26. The summed E-state index contributed by atoms with van der Waals surface area (Å²) in [5.41, 5.74) is 10.1. The molecule has 0 atom stereocenters. The van der Waals surface area contributed by atoms with Gasteiger partial charge in [-0.25, -0.2) is 22.9 Å². The molecule has 5 aromatic rings. The molecule has 1 saturated heterocycles. The first-order chi connectivity index (χ1) is 17.6. The molecular weight excluding hydrogens is 509 g/mol. The number of nitrogens with two attached hydrogens (primary N) is 1. The first-order valence-corrected chi connectivity index (χ1v) is 13.3. The molecule has 14 heteroatoms. The van der Waals surface area contributed by atoms with Crippen LogP contribution in [0.2, 0.25) is 0 Å². The second-order valence-corrected chi connectivity index (χ2v) is 11.4. The zero-order valence-electron chi connectivity index (χ0n) is 19.3. The highest BCUT2D eigenvalue weighted by Gasteiger charge is 2.31. The van der Waals surface area contributed by atoms with Crippen molar-refractivity contribution in [2.75, 3.05) is 17.2 Å². The van der Waals surface area contributed by atoms with Crippen molar-refractivity contribution in [1.82, 2.24) is 33.9 Å². The van der Waals surface area contributed by atoms with Crippen LogP contribution in [0.3, 0.4) is 0 Å². The normalized spacial score (nSPS) is 16.6. The van der Waals surface area contributed by atoms with E-state index >= 15 is 0 Å². The summed E-state index contributed by atoms with van der Waals surface area (Å²) in [6, 6.07) is 8.83. The molecule has 1 fully saturated rings. The van der Waals surface area contributed by atoms with Gasteiger partial charge in [0.05, 0.1) is 40.3 Å². The summed E-state index contributed by atoms with van der Waals surface area (Å²) in [6.45, 7) is -1.25. The van der Waals surface area contributed by atoms with Gasteiger partial charge in [0.15, 0.2) is 5.82 Å². The number of nitrogens with zero attached hydrogens (tertiary/aromatic N) is 7. The lowest BCUT2D eigenvalue weighted by molar-refractivity contribution is -0.142. The second kappa shape index (κ2) is 8.30. The second-order valence-electron chi connectivity index (χ2n) is 9.08. The molecule has 0 radical (unpaired) electrons. The van der Waals surface area contributed by atoms with Crippen LogP contribution in [-0.2, 0) is 16.4 Å². The lowest BCUT2D eigenvalue weighted by Gasteiger charge is -2.23. The van der Waals surface area contributed by atoms with Crippen LogP contribution >= 0.6 is 0 Å². The van der Waals surface area contributed by atoms with E-state index in [9.17, 15) is 21.6 Å². The number of nitrogen functional groups attached to an aromatic ring is 1. The van der Waals surface area contributed by atoms with Crippen molar-refractivity contribution < 1.29 is 21.6 Å². The van der Waals surface area contributed by atoms with E-state index in [4.69, 9.17) is 5.73 Å². The fourth-order valence-electron chi connectivity index (χ4n) is 4.96. The molecule has 0 bridgehead atoms. The van der Waals surface area contributed by atoms with E-state index in [0.29, 0.717) is 29.6 Å². The highest BCUT2D eigenvalue weighted by molar-refractivity contribution is 7.91. The van der Waals surface area contributed by atoms with E-state index in [1.807, 2.05) is 22.8 Å². The Morgan fingerprint density at radius 3 is 2.57 bits per heavy atom. The van der Waals surface area contributed by atoms with Gasteiger partial charge in [0.25, 0.3) is 0 Å². The van der Waals surface area contributed by atoms with E-state index in [-0.39, 0.29) is 29.1 Å². The molecule has 5 heterocycles. The monoisotopic (exact) mass is 530 g/mol. The summed E-state index contributed by atoms with van der Waals surface area (Å²) < 4.78 is 67.7. The van der Waals surface area contributed by atoms with Gasteiger partial charge in [0.1, 0.15) is 28.2 Å². The number of aromatic nitrogens is 7. The molecule has 6 rings (SSSR count). The van der Waals surface area contributed by atoms with Crippen molar-refractivity contribution >= 4 is 32.2 Å². The number of anilines is 1. The number of imidazole rings is 1. The Morgan fingerprint density at radius 1 is 1.03 bits per heavy atom. The van der Waals surface area contributed by atoms with E-state index in [1.54, 1.807) is 16.9 Å². The maximum atomic E-state index is 13.2. The zero-order valence-corrected chi connectivity index (χ0v) is 20.1. The average Bonchev–Trinajstić information content (AvgIpc) is 3.55. The Balaban J connectivity index is 1.48. The molecule has 1 aliphatic rings. The van der Waals surface area contributed by atoms with Crippen molar-refractivity contribution in [3.05, 3.63) is 49.2 Å². The van der Waals surface area contributed by atoms with E-state index in [1.165, 1.54) is 18.6 Å². The van der Waals surface area contributed by atoms with Crippen molar-refractivity contribution in [1.29, 1.82) is 0 Å². The van der Waals surface area contributed by atoms with Gasteiger partial charge in [-0.1, -0.05) is 6.07 Å². The maximum absolute atomic E-state index is 13.2. The minimum absolute atomic E-state index is 0.00177. The summed E-state index contributed by atoms with van der Waals surface area (Å²) in [5, 5.41) is 8.19. The molecule has 192 valence electrons. The predicted octanol–water partition coefficient (Wildman–Crippen LogP) is 3.50. The van der Waals surface area contributed by atoms with E-state index in [2.05, 4.69) is 20.2 Å². The minimum Gasteiger partial charge on any atom is -0.382 e. The van der Waals surface area contributed by atoms with Gasteiger partial charge >= 0.3 is 6.18 Å². The summed E-state index contributed by atoms with van der Waals surface area (Å²) >= 11 is 0. The van der Waals surface area contributed by atoms with Crippen LogP contribution in [0.25, 0.3) is 39.1 Å². The largest absolute Gasteiger partial charge is 0.408 e. The standard InChI is InChI=1S/C23H21F3N8O2S/c24-23(25,26)11-33-18(3-6-30-33)16-10-19(34-21(16)22(27)28-12-31-34)14-1-2-17-20(9-14)32(13-29-17)15-4-7-37(35,36)8-5-15/h1-3,6,9-10,12-13,15H,4-5,7-8,11H2,(H2,27,28,31). The number of fused-ring (bicyclic) bond motifs is 2. The number of rotatable bonds is 4. The molecule has 37 heavy (non-hydrogen) atoms. The minimum atomic E-state index is -4.46. The summed E-state index contributed by atoms with van der Waals surface area (Å²) in [4.78, 5) is 8.52. The van der Waals surface area contributed by atoms with Crippen molar-refractivity contribution in [2.24, 2.45) is 0 Å². The number of benzene rings is 1. The maximum Gasteiger partial charge on any atom is 0.408 e. The van der Waals surface area contributed by atoms with E-state index in [0.717, 1.165) is 21.3 Å². The quantitative estimate of drug-likeness (QED) is 0.377. The van der Waals surface area contributed by atoms with Crippen molar-refractivity contribution in [3.8, 4) is 22.5 Å². The number of hydrogen-bond donors (Lipinski definition) is 1. The van der Waals surface area contributed by atoms with Crippen LogP contribution in [0.15, 0.2) is 49.2 Å². The molecule has 4 aromatic heterocycles. The van der Waals surface area contributed by atoms with Crippen LogP contribution < -0.4 is 5.73 Å². The fraction of sp³-hybridized carbons (Fsp3) is 0.304. The molecule has 0 unspecified atom stereocenters. The predicted molar refractivity (Wildman–Crippen MR) is 130 cm³/mol. The molecule has 1 aliphatic heterocycles. The van der Waals surface area contributed by atoms with Gasteiger partial charge in [-0.05, 0) is 37.1 Å². The van der Waals surface area contributed by atoms with Gasteiger partial charge in [-0.3, -0.25) is 4.68 Å². The summed E-state index contributed by atoms with van der Waals surface area (Å²) in [7, 11) is -3.01. The topological polar surface area (TPSA) is 126 Å². The lowest BCUT2D eigenvalue weighted by Crippen LogP contribution is -2.25. The van der Waals surface area contributed by atoms with Gasteiger partial charge in [-0.15, -0.1) is 0 Å². The van der Waals surface area contributed by atoms with Crippen LogP contribution in [0.1, 0.15) is 18.9 Å². The fourth-order valence-corrected chi connectivity index (χ4v) is 6.42. The third kappa shape index (κ3) is 4.20. The third-order valence-corrected chi connectivity index (χ3v) is 8.41. The Labute approximate surface area is 208 Å². The number of sulfone groups is 1. The highest BCUT2D eigenvalue weighted by atomic mass is 32.2. The van der Waals surface area contributed by atoms with Gasteiger partial charge in [0, 0.05) is 23.4 Å². The van der Waals surface area contributed by atoms with Crippen molar-refractivity contribution in [2.45, 2.75) is 31.6 Å². The Hall–Kier alpha value is -3.94. The molecule has 2 N–H and O–H groups in total. The molecule has 1 aromatic carbocycles. The van der Waals surface area contributed by atoms with Gasteiger partial charge in [-0.2, -0.15) is 23.4 Å². The smallest absolute Gasteiger partial charge is 0.382 e. The highest BCUT2D eigenvalue weighted by Crippen LogP contribution is 2.37. The molecule has 0 aliphatic carbocycles. The first-order valence-electron chi connectivity index (χ1n) is 11.5. The Morgan fingerprint density at radius 2 is 1.81 bits per heavy atom. The number of alkyl halides is 3. The summed E-state index contributed by atoms with van der Waals surface area (Å²) in [5.74, 6) is 0.377. The molecule has 10 nitrogen and oxygen atoms in total.